The number of aliphatic carboxylic acids is 1. The second-order valence-corrected chi connectivity index (χ2v) is 23.6. The van der Waals surface area contributed by atoms with Crippen LogP contribution in [-0.4, -0.2) is 62.0 Å². The summed E-state index contributed by atoms with van der Waals surface area (Å²) < 4.78 is 11.8. The van der Waals surface area contributed by atoms with Gasteiger partial charge in [-0.05, 0) is 106 Å². The van der Waals surface area contributed by atoms with Gasteiger partial charge in [0.05, 0.1) is 13.2 Å². The van der Waals surface area contributed by atoms with E-state index in [9.17, 15) is 9.59 Å². The van der Waals surface area contributed by atoms with Gasteiger partial charge in [0, 0.05) is 26.1 Å². The summed E-state index contributed by atoms with van der Waals surface area (Å²) in [5, 5.41) is 27.6. The molecule has 0 fully saturated rings. The monoisotopic (exact) mass is 953 g/mol. The minimum atomic E-state index is -2.46. The molecule has 3 N–H and O–H groups in total. The Morgan fingerprint density at radius 2 is 0.866 bits per heavy atom. The van der Waals surface area contributed by atoms with Gasteiger partial charge in [0.25, 0.3) is 8.32 Å². The number of esters is 1. The van der Waals surface area contributed by atoms with Crippen LogP contribution in [0.5, 0.6) is 0 Å². The summed E-state index contributed by atoms with van der Waals surface area (Å²) in [5.74, 6) is -0.745. The van der Waals surface area contributed by atoms with E-state index in [-0.39, 0.29) is 30.6 Å². The zero-order valence-corrected chi connectivity index (χ0v) is 44.4. The van der Waals surface area contributed by atoms with Crippen LogP contribution >= 0.6 is 0 Å². The van der Waals surface area contributed by atoms with E-state index in [1.54, 1.807) is 0 Å². The van der Waals surface area contributed by atoms with Crippen LogP contribution in [0.2, 0.25) is 5.04 Å². The maximum Gasteiger partial charge on any atom is 0.305 e. The molecule has 2 rings (SSSR count). The number of methoxy groups -OCH3 is 1. The van der Waals surface area contributed by atoms with Gasteiger partial charge in [-0.25, -0.2) is 0 Å². The van der Waals surface area contributed by atoms with Crippen molar-refractivity contribution in [3.05, 3.63) is 85.0 Å². The SMILES string of the molecule is C.CC(CCC/C=C\CCCCCCCCCCCCC(=O)O)O[Si](c1ccccc1)(c1ccccc1)C(C)(C)C.CO.COC(=O)CCCCCCCCCCCC/C=C\CCCC(C)O. The third-order valence-electron chi connectivity index (χ3n) is 12.3. The molecule has 2 atom stereocenters. The molecular weight excluding hydrogens is 849 g/mol. The van der Waals surface area contributed by atoms with Crippen LogP contribution in [0.25, 0.3) is 0 Å². The predicted molar refractivity (Wildman–Crippen MR) is 291 cm³/mol. The summed E-state index contributed by atoms with van der Waals surface area (Å²) in [4.78, 5) is 21.5. The first-order chi connectivity index (χ1) is 31.9. The Labute approximate surface area is 414 Å². The number of carboxylic acids is 1. The fourth-order valence-corrected chi connectivity index (χ4v) is 13.3. The van der Waals surface area contributed by atoms with Crippen molar-refractivity contribution >= 4 is 30.6 Å². The molecule has 0 aromatic heterocycles. The minimum absolute atomic E-state index is 0. The molecule has 2 unspecified atom stereocenters. The smallest absolute Gasteiger partial charge is 0.305 e. The lowest BCUT2D eigenvalue weighted by atomic mass is 10.0. The normalized spacial score (nSPS) is 12.4. The van der Waals surface area contributed by atoms with Crippen LogP contribution in [0.4, 0.5) is 0 Å². The minimum Gasteiger partial charge on any atom is -0.481 e. The Hall–Kier alpha value is -3.04. The molecular formula is C59H104O7Si. The molecule has 2 aromatic rings. The van der Waals surface area contributed by atoms with E-state index in [0.29, 0.717) is 12.8 Å². The number of hydrogen-bond acceptors (Lipinski definition) is 6. The van der Waals surface area contributed by atoms with Crippen molar-refractivity contribution in [2.75, 3.05) is 14.2 Å². The zero-order chi connectivity index (χ0) is 49.0. The Morgan fingerprint density at radius 3 is 1.21 bits per heavy atom. The third-order valence-corrected chi connectivity index (χ3v) is 17.5. The molecule has 0 heterocycles. The third kappa shape index (κ3) is 35.7. The van der Waals surface area contributed by atoms with Gasteiger partial charge in [-0.15, -0.1) is 0 Å². The van der Waals surface area contributed by atoms with Gasteiger partial charge in [0.1, 0.15) is 0 Å². The van der Waals surface area contributed by atoms with Crippen molar-refractivity contribution in [1.29, 1.82) is 0 Å². The van der Waals surface area contributed by atoms with Gasteiger partial charge in [-0.1, -0.05) is 216 Å². The first-order valence-corrected chi connectivity index (χ1v) is 28.3. The largest absolute Gasteiger partial charge is 0.481 e. The lowest BCUT2D eigenvalue weighted by Gasteiger charge is -2.44. The maximum absolute atomic E-state index is 10.9. The second kappa shape index (κ2) is 45.4. The molecule has 0 amide bonds. The van der Waals surface area contributed by atoms with Crippen LogP contribution in [0.1, 0.15) is 235 Å². The van der Waals surface area contributed by atoms with Crippen molar-refractivity contribution in [3.63, 3.8) is 0 Å². The number of allylic oxidation sites excluding steroid dienone is 4. The number of carbonyl (C=O) groups is 2. The number of aliphatic hydroxyl groups is 2. The van der Waals surface area contributed by atoms with E-state index in [1.807, 2.05) is 6.92 Å². The van der Waals surface area contributed by atoms with Crippen LogP contribution < -0.4 is 10.4 Å². The number of hydrogen-bond donors (Lipinski definition) is 3. The van der Waals surface area contributed by atoms with E-state index in [4.69, 9.17) is 19.7 Å². The van der Waals surface area contributed by atoms with Crippen molar-refractivity contribution < 1.29 is 34.1 Å². The molecule has 0 bridgehead atoms. The zero-order valence-electron chi connectivity index (χ0n) is 43.4. The molecule has 0 aliphatic heterocycles. The maximum atomic E-state index is 10.9. The average Bonchev–Trinajstić information content (AvgIpc) is 3.31. The number of aliphatic hydroxyl groups excluding tert-OH is 2. The van der Waals surface area contributed by atoms with Gasteiger partial charge in [-0.3, -0.25) is 9.59 Å². The van der Waals surface area contributed by atoms with Gasteiger partial charge >= 0.3 is 11.9 Å². The first-order valence-electron chi connectivity index (χ1n) is 26.4. The molecule has 2 aromatic carbocycles. The van der Waals surface area contributed by atoms with E-state index in [1.165, 1.54) is 133 Å². The Morgan fingerprint density at radius 1 is 0.537 bits per heavy atom. The highest BCUT2D eigenvalue weighted by Crippen LogP contribution is 2.38. The quantitative estimate of drug-likeness (QED) is 0.0266. The second-order valence-electron chi connectivity index (χ2n) is 19.4. The molecule has 7 nitrogen and oxygen atoms in total. The van der Waals surface area contributed by atoms with E-state index in [0.717, 1.165) is 71.3 Å². The summed E-state index contributed by atoms with van der Waals surface area (Å²) in [5.41, 5.74) is 0. The van der Waals surface area contributed by atoms with Crippen molar-refractivity contribution in [1.82, 2.24) is 0 Å². The standard InChI is InChI=1S/C36H56O3Si.C21H40O3.CH4O.CH4/c1-32(26-20-16-14-12-10-8-6-5-7-9-11-13-15-17-25-31-35(37)38)39-40(36(2,3)4,33-27-21-18-22-28-33)34-29-23-19-24-30-34;1-20(22)18-16-14-12-10-8-6-4-3-5-7-9-11-13-15-17-19-21(23)24-2;1-2;/h12,14,18-19,21-24,27-30,32H,5-11,13,15-17,20,25-26,31H2,1-4H3,(H,37,38);10,12,20,22H,3-9,11,13-19H2,1-2H3;2H,1H3;1H4/b14-12-;12-10-;;. The summed E-state index contributed by atoms with van der Waals surface area (Å²) in [6.07, 6.45) is 44.1. The van der Waals surface area contributed by atoms with Crippen molar-refractivity contribution in [2.24, 2.45) is 0 Å². The van der Waals surface area contributed by atoms with Gasteiger partial charge in [-0.2, -0.15) is 0 Å². The van der Waals surface area contributed by atoms with Gasteiger partial charge in [0.2, 0.25) is 0 Å². The molecule has 8 heteroatoms. The molecule has 386 valence electrons. The summed E-state index contributed by atoms with van der Waals surface area (Å²) >= 11 is 0. The highest BCUT2D eigenvalue weighted by Gasteiger charge is 2.50. The predicted octanol–water partition coefficient (Wildman–Crippen LogP) is 15.6. The molecule has 67 heavy (non-hydrogen) atoms. The average molecular weight is 954 g/mol. The highest BCUT2D eigenvalue weighted by atomic mass is 28.4. The van der Waals surface area contributed by atoms with E-state index < -0.39 is 14.3 Å². The van der Waals surface area contributed by atoms with Crippen LogP contribution in [0, 0.1) is 0 Å². The molecule has 0 saturated heterocycles. The number of ether oxygens (including phenoxy) is 1. The fraction of sp³-hybridized carbons (Fsp3) is 0.695. The van der Waals surface area contributed by atoms with E-state index in [2.05, 4.69) is 117 Å². The van der Waals surface area contributed by atoms with Crippen LogP contribution in [-0.2, 0) is 18.8 Å². The number of unbranched alkanes of at least 4 members (excludes halogenated alkanes) is 22. The lowest BCUT2D eigenvalue weighted by Crippen LogP contribution is -2.67. The Balaban J connectivity index is 0. The Kier molecular flexibility index (Phi) is 44.8. The van der Waals surface area contributed by atoms with E-state index >= 15 is 0 Å². The van der Waals surface area contributed by atoms with Gasteiger partial charge in [0.15, 0.2) is 0 Å². The first kappa shape index (κ1) is 66.0. The summed E-state index contributed by atoms with van der Waals surface area (Å²) in [6, 6.07) is 21.9. The number of carboxylic acid groups (broad SMARTS) is 1. The molecule has 0 spiro atoms. The van der Waals surface area contributed by atoms with Crippen LogP contribution in [0.15, 0.2) is 85.0 Å². The molecule has 0 saturated carbocycles. The highest BCUT2D eigenvalue weighted by molar-refractivity contribution is 6.99. The summed E-state index contributed by atoms with van der Waals surface area (Å²) in [6.45, 7) is 11.2. The van der Waals surface area contributed by atoms with Crippen molar-refractivity contribution in [2.45, 2.75) is 252 Å². The number of carbonyl (C=O) groups excluding carboxylic acids is 1. The van der Waals surface area contributed by atoms with Gasteiger partial charge < -0.3 is 24.5 Å². The number of rotatable bonds is 38. The lowest BCUT2D eigenvalue weighted by molar-refractivity contribution is -0.141. The molecule has 0 radical (unpaired) electrons. The van der Waals surface area contributed by atoms with Crippen molar-refractivity contribution in [3.8, 4) is 0 Å². The summed E-state index contributed by atoms with van der Waals surface area (Å²) in [7, 11) is -0.00773. The molecule has 0 aliphatic carbocycles. The Bertz CT molecular complexity index is 1400. The van der Waals surface area contributed by atoms with Crippen LogP contribution in [0.3, 0.4) is 0 Å². The number of benzene rings is 2. The topological polar surface area (TPSA) is 113 Å². The fourth-order valence-electron chi connectivity index (χ4n) is 8.58. The molecule has 0 aliphatic rings.